The number of primary sulfonamides is 1. The van der Waals surface area contributed by atoms with Crippen molar-refractivity contribution in [2.24, 2.45) is 11.1 Å². The van der Waals surface area contributed by atoms with Crippen molar-refractivity contribution in [2.45, 2.75) is 50.0 Å². The van der Waals surface area contributed by atoms with Gasteiger partial charge in [-0.3, -0.25) is 0 Å². The molecule has 0 bridgehead atoms. The number of anilines is 1. The average Bonchev–Trinajstić information content (AvgIpc) is 2.41. The fourth-order valence-electron chi connectivity index (χ4n) is 2.72. The Morgan fingerprint density at radius 2 is 1.95 bits per heavy atom. The second-order valence-electron chi connectivity index (χ2n) is 5.46. The molecule has 1 saturated carbocycles. The highest BCUT2D eigenvalue weighted by molar-refractivity contribution is 9.10. The summed E-state index contributed by atoms with van der Waals surface area (Å²) in [4.78, 5) is 0.129. The Bertz CT molecular complexity index is 567. The minimum absolute atomic E-state index is 0.129. The third kappa shape index (κ3) is 3.96. The van der Waals surface area contributed by atoms with Gasteiger partial charge in [-0.25, -0.2) is 13.6 Å². The zero-order valence-corrected chi connectivity index (χ0v) is 14.0. The summed E-state index contributed by atoms with van der Waals surface area (Å²) < 4.78 is 23.3. The minimum atomic E-state index is -3.64. The van der Waals surface area contributed by atoms with Crippen LogP contribution in [0.25, 0.3) is 0 Å². The molecule has 1 fully saturated rings. The highest BCUT2D eigenvalue weighted by Gasteiger charge is 2.20. The lowest BCUT2D eigenvalue weighted by Gasteiger charge is -2.29. The molecule has 20 heavy (non-hydrogen) atoms. The van der Waals surface area contributed by atoms with Crippen molar-refractivity contribution in [3.8, 4) is 0 Å². The fourth-order valence-corrected chi connectivity index (χ4v) is 3.91. The fraction of sp³-hybridized carbons (Fsp3) is 0.571. The van der Waals surface area contributed by atoms with Gasteiger partial charge in [0.25, 0.3) is 0 Å². The number of rotatable bonds is 4. The Balaban J connectivity index is 2.04. The van der Waals surface area contributed by atoms with Crippen molar-refractivity contribution in [2.75, 3.05) is 5.32 Å². The lowest BCUT2D eigenvalue weighted by Crippen LogP contribution is -2.26. The Hall–Kier alpha value is -0.590. The van der Waals surface area contributed by atoms with Gasteiger partial charge in [-0.1, -0.05) is 13.3 Å². The highest BCUT2D eigenvalue weighted by atomic mass is 79.9. The Kier molecular flexibility index (Phi) is 5.09. The highest BCUT2D eigenvalue weighted by Crippen LogP contribution is 2.31. The van der Waals surface area contributed by atoms with Crippen molar-refractivity contribution in [1.82, 2.24) is 0 Å². The second-order valence-corrected chi connectivity index (χ2v) is 7.87. The van der Waals surface area contributed by atoms with Gasteiger partial charge < -0.3 is 5.32 Å². The molecule has 0 unspecified atom stereocenters. The first kappa shape index (κ1) is 15.8. The molecule has 0 heterocycles. The Morgan fingerprint density at radius 1 is 1.30 bits per heavy atom. The van der Waals surface area contributed by atoms with Gasteiger partial charge in [-0.15, -0.1) is 0 Å². The molecule has 0 amide bonds. The molecule has 0 radical (unpaired) electrons. The van der Waals surface area contributed by atoms with Gasteiger partial charge in [0.2, 0.25) is 10.0 Å². The molecule has 1 aromatic rings. The number of nitrogens with one attached hydrogen (secondary N) is 1. The van der Waals surface area contributed by atoms with Crippen LogP contribution in [-0.2, 0) is 10.0 Å². The van der Waals surface area contributed by atoms with E-state index in [4.69, 9.17) is 5.14 Å². The van der Waals surface area contributed by atoms with E-state index >= 15 is 0 Å². The van der Waals surface area contributed by atoms with E-state index in [1.165, 1.54) is 32.1 Å². The van der Waals surface area contributed by atoms with E-state index in [0.29, 0.717) is 6.04 Å². The van der Waals surface area contributed by atoms with Gasteiger partial charge in [0.1, 0.15) is 0 Å². The van der Waals surface area contributed by atoms with Crippen LogP contribution in [0.15, 0.2) is 27.6 Å². The first-order valence-corrected chi connectivity index (χ1v) is 9.33. The number of sulfonamides is 1. The molecule has 6 heteroatoms. The Morgan fingerprint density at radius 3 is 2.45 bits per heavy atom. The van der Waals surface area contributed by atoms with Crippen molar-refractivity contribution in [3.63, 3.8) is 0 Å². The van der Waals surface area contributed by atoms with E-state index in [0.717, 1.165) is 16.1 Å². The minimum Gasteiger partial charge on any atom is -0.381 e. The van der Waals surface area contributed by atoms with Gasteiger partial charge in [-0.2, -0.15) is 0 Å². The summed E-state index contributed by atoms with van der Waals surface area (Å²) in [5.41, 5.74) is 0.928. The molecule has 1 aromatic carbocycles. The van der Waals surface area contributed by atoms with Crippen LogP contribution in [0.3, 0.4) is 0 Å². The van der Waals surface area contributed by atoms with Crippen LogP contribution < -0.4 is 10.5 Å². The first-order valence-electron chi connectivity index (χ1n) is 6.99. The number of hydrogen-bond acceptors (Lipinski definition) is 3. The molecule has 1 aliphatic carbocycles. The molecule has 0 atom stereocenters. The van der Waals surface area contributed by atoms with Gasteiger partial charge in [-0.05, 0) is 65.7 Å². The van der Waals surface area contributed by atoms with Crippen LogP contribution in [0.4, 0.5) is 5.69 Å². The molecule has 0 spiro atoms. The summed E-state index contributed by atoms with van der Waals surface area (Å²) in [5.74, 6) is 0.862. The normalized spacial score (nSPS) is 23.6. The summed E-state index contributed by atoms with van der Waals surface area (Å²) in [6.07, 6.45) is 6.13. The molecule has 0 saturated heterocycles. The number of benzene rings is 1. The molecule has 2 rings (SSSR count). The lowest BCUT2D eigenvalue weighted by molar-refractivity contribution is 0.330. The summed E-state index contributed by atoms with van der Waals surface area (Å²) in [5, 5.41) is 8.61. The summed E-state index contributed by atoms with van der Waals surface area (Å²) in [6.45, 7) is 2.25. The molecule has 1 aliphatic rings. The van der Waals surface area contributed by atoms with Crippen LogP contribution in [0.1, 0.15) is 39.0 Å². The number of hydrogen-bond donors (Lipinski definition) is 2. The van der Waals surface area contributed by atoms with Crippen molar-refractivity contribution >= 4 is 31.6 Å². The average molecular weight is 361 g/mol. The summed E-state index contributed by atoms with van der Waals surface area (Å²) in [6, 6.07) is 5.33. The monoisotopic (exact) mass is 360 g/mol. The maximum atomic E-state index is 11.3. The quantitative estimate of drug-likeness (QED) is 0.863. The van der Waals surface area contributed by atoms with E-state index < -0.39 is 10.0 Å². The molecule has 0 aliphatic heterocycles. The first-order chi connectivity index (χ1) is 9.40. The van der Waals surface area contributed by atoms with Crippen LogP contribution in [0.2, 0.25) is 0 Å². The van der Waals surface area contributed by atoms with Crippen LogP contribution in [-0.4, -0.2) is 14.5 Å². The predicted molar refractivity (Wildman–Crippen MR) is 85.2 cm³/mol. The number of nitrogens with two attached hydrogens (primary N) is 1. The topological polar surface area (TPSA) is 72.2 Å². The van der Waals surface area contributed by atoms with E-state index in [2.05, 4.69) is 28.2 Å². The predicted octanol–water partition coefficient (Wildman–Crippen LogP) is 3.48. The smallest absolute Gasteiger partial charge is 0.238 e. The van der Waals surface area contributed by atoms with Gasteiger partial charge in [0.05, 0.1) is 4.90 Å². The van der Waals surface area contributed by atoms with Gasteiger partial charge in [0.15, 0.2) is 0 Å². The molecule has 112 valence electrons. The van der Waals surface area contributed by atoms with Crippen molar-refractivity contribution in [3.05, 3.63) is 22.7 Å². The molecular formula is C14H21BrN2O2S. The van der Waals surface area contributed by atoms with E-state index in [1.807, 2.05) is 0 Å². The second kappa shape index (κ2) is 6.45. The van der Waals surface area contributed by atoms with Gasteiger partial charge in [0, 0.05) is 16.2 Å². The molecular weight excluding hydrogens is 340 g/mol. The number of halogens is 1. The molecule has 4 nitrogen and oxygen atoms in total. The zero-order chi connectivity index (χ0) is 14.8. The lowest BCUT2D eigenvalue weighted by atomic mass is 9.84. The van der Waals surface area contributed by atoms with Crippen LogP contribution in [0, 0.1) is 5.92 Å². The Labute approximate surface area is 129 Å². The van der Waals surface area contributed by atoms with E-state index in [1.54, 1.807) is 18.2 Å². The standard InChI is InChI=1S/C14H21BrN2O2S/c1-2-10-3-5-11(6-4-10)17-14-8-7-12(9-13(14)15)20(16,18)19/h7-11,17H,2-6H2,1H3,(H2,16,18,19). The summed E-state index contributed by atoms with van der Waals surface area (Å²) >= 11 is 3.41. The van der Waals surface area contributed by atoms with E-state index in [9.17, 15) is 8.42 Å². The van der Waals surface area contributed by atoms with Crippen molar-refractivity contribution in [1.29, 1.82) is 0 Å². The maximum absolute atomic E-state index is 11.3. The van der Waals surface area contributed by atoms with Crippen molar-refractivity contribution < 1.29 is 8.42 Å². The molecule has 3 N–H and O–H groups in total. The van der Waals surface area contributed by atoms with E-state index in [-0.39, 0.29) is 4.90 Å². The maximum Gasteiger partial charge on any atom is 0.238 e. The molecule has 0 aromatic heterocycles. The van der Waals surface area contributed by atoms with Crippen LogP contribution in [0.5, 0.6) is 0 Å². The third-order valence-electron chi connectivity index (χ3n) is 4.05. The SMILES string of the molecule is CCC1CCC(Nc2ccc(S(N)(=O)=O)cc2Br)CC1. The largest absolute Gasteiger partial charge is 0.381 e. The van der Waals surface area contributed by atoms with Crippen LogP contribution >= 0.6 is 15.9 Å². The van der Waals surface area contributed by atoms with Gasteiger partial charge >= 0.3 is 0 Å². The zero-order valence-electron chi connectivity index (χ0n) is 11.6. The third-order valence-corrected chi connectivity index (χ3v) is 5.62. The summed E-state index contributed by atoms with van der Waals surface area (Å²) in [7, 11) is -3.64.